The van der Waals surface area contributed by atoms with E-state index in [2.05, 4.69) is 50.4 Å². The monoisotopic (exact) mass is 603 g/mol. The number of carbonyl (C=O) groups excluding carboxylic acids is 1. The Morgan fingerprint density at radius 2 is 1.71 bits per heavy atom. The zero-order valence-electron chi connectivity index (χ0n) is 23.5. The first-order valence-corrected chi connectivity index (χ1v) is 14.5. The highest BCUT2D eigenvalue weighted by molar-refractivity contribution is 6.37. The van der Waals surface area contributed by atoms with Crippen LogP contribution < -0.4 is 10.1 Å². The first kappa shape index (κ1) is 29.6. The molecule has 0 amide bonds. The van der Waals surface area contributed by atoms with Crippen molar-refractivity contribution >= 4 is 51.4 Å². The highest BCUT2D eigenvalue weighted by atomic mass is 35.5. The number of halogens is 2. The van der Waals surface area contributed by atoms with Gasteiger partial charge in [0.05, 0.1) is 52.8 Å². The number of rotatable bonds is 9. The highest BCUT2D eigenvalue weighted by Gasteiger charge is 2.20. The molecule has 3 aromatic carbocycles. The van der Waals surface area contributed by atoms with Gasteiger partial charge in [-0.3, -0.25) is 19.6 Å². The number of ether oxygens (including phenoxy) is 2. The Morgan fingerprint density at radius 1 is 1.00 bits per heavy atom. The molecule has 0 atom stereocenters. The van der Waals surface area contributed by atoms with Gasteiger partial charge >= 0.3 is 5.97 Å². The van der Waals surface area contributed by atoms with E-state index in [0.29, 0.717) is 45.9 Å². The van der Waals surface area contributed by atoms with Crippen molar-refractivity contribution < 1.29 is 14.3 Å². The van der Waals surface area contributed by atoms with Gasteiger partial charge in [-0.1, -0.05) is 59.6 Å². The largest absolute Gasteiger partial charge is 0.495 e. The molecule has 1 N–H and O–H groups in total. The van der Waals surface area contributed by atoms with E-state index in [1.807, 2.05) is 25.1 Å². The van der Waals surface area contributed by atoms with Crippen LogP contribution in [0, 0.1) is 11.3 Å². The maximum Gasteiger partial charge on any atom is 0.320 e. The number of nitrogens with zero attached hydrogens (tertiary/aromatic N) is 4. The van der Waals surface area contributed by atoms with Gasteiger partial charge in [0.1, 0.15) is 11.8 Å². The molecule has 216 valence electrons. The first-order chi connectivity index (χ1) is 20.4. The average Bonchev–Trinajstić information content (AvgIpc) is 2.99. The second-order valence-electron chi connectivity index (χ2n) is 10.0. The lowest BCUT2D eigenvalue weighted by atomic mass is 10.0. The van der Waals surface area contributed by atoms with E-state index in [1.165, 1.54) is 12.7 Å². The number of nitriles is 1. The molecular weight excluding hydrogens is 573 g/mol. The van der Waals surface area contributed by atoms with Crippen molar-refractivity contribution in [1.29, 1.82) is 5.26 Å². The second-order valence-corrected chi connectivity index (χ2v) is 10.9. The van der Waals surface area contributed by atoms with Crippen LogP contribution in [0.15, 0.2) is 60.8 Å². The molecule has 0 spiro atoms. The predicted molar refractivity (Wildman–Crippen MR) is 167 cm³/mol. The number of anilines is 2. The molecule has 2 heterocycles. The van der Waals surface area contributed by atoms with Crippen molar-refractivity contribution in [3.05, 3.63) is 82.0 Å². The third kappa shape index (κ3) is 6.77. The molecule has 8 nitrogen and oxygen atoms in total. The Kier molecular flexibility index (Phi) is 9.45. The van der Waals surface area contributed by atoms with Crippen molar-refractivity contribution in [1.82, 2.24) is 14.8 Å². The smallest absolute Gasteiger partial charge is 0.320 e. The molecule has 4 aromatic rings. The van der Waals surface area contributed by atoms with Gasteiger partial charge in [-0.15, -0.1) is 0 Å². The molecule has 0 unspecified atom stereocenters. The van der Waals surface area contributed by atoms with Crippen LogP contribution in [0.1, 0.15) is 18.1 Å². The van der Waals surface area contributed by atoms with Gasteiger partial charge in [0.25, 0.3) is 0 Å². The van der Waals surface area contributed by atoms with Gasteiger partial charge < -0.3 is 14.8 Å². The van der Waals surface area contributed by atoms with E-state index in [0.717, 1.165) is 54.8 Å². The molecular formula is C32H31Cl2N5O3. The lowest BCUT2D eigenvalue weighted by molar-refractivity contribution is -0.144. The topological polar surface area (TPSA) is 90.7 Å². The molecule has 1 aliphatic heterocycles. The Labute approximate surface area is 255 Å². The van der Waals surface area contributed by atoms with E-state index in [-0.39, 0.29) is 5.97 Å². The van der Waals surface area contributed by atoms with Gasteiger partial charge in [0, 0.05) is 50.4 Å². The number of hydrogen-bond donors (Lipinski definition) is 1. The number of hydrogen-bond acceptors (Lipinski definition) is 8. The zero-order valence-corrected chi connectivity index (χ0v) is 25.0. The third-order valence-corrected chi connectivity index (χ3v) is 7.92. The summed E-state index contributed by atoms with van der Waals surface area (Å²) in [5.74, 6) is 0.317. The Bertz CT molecular complexity index is 1630. The standard InChI is InChI=1S/C32H31Cl2N5O3/c1-3-42-31(40)20-39-12-10-38(11-13-39)19-21-4-6-22(7-5-21)23-8-9-25-28(14-23)36-18-24(17-35)32(25)37-29-16-30(41-2)27(34)15-26(29)33/h4-9,14-16,18H,3,10-13,19-20H2,1-2H3,(H,36,37). The van der Waals surface area contributed by atoms with E-state index >= 15 is 0 Å². The summed E-state index contributed by atoms with van der Waals surface area (Å²) in [5.41, 5.74) is 5.65. The number of fused-ring (bicyclic) bond motifs is 1. The molecule has 42 heavy (non-hydrogen) atoms. The van der Waals surface area contributed by atoms with E-state index in [4.69, 9.17) is 32.7 Å². The van der Waals surface area contributed by atoms with Gasteiger partial charge in [-0.05, 0) is 35.7 Å². The lowest BCUT2D eigenvalue weighted by Gasteiger charge is -2.34. The van der Waals surface area contributed by atoms with Gasteiger partial charge in [-0.25, -0.2) is 0 Å². The summed E-state index contributed by atoms with van der Waals surface area (Å²) in [6.07, 6.45) is 1.56. The minimum atomic E-state index is -0.157. The Hall–Kier alpha value is -3.87. The maximum absolute atomic E-state index is 11.8. The van der Waals surface area contributed by atoms with Crippen LogP contribution >= 0.6 is 23.2 Å². The number of aromatic nitrogens is 1. The quantitative estimate of drug-likeness (QED) is 0.216. The number of piperazine rings is 1. The molecule has 0 aliphatic carbocycles. The molecule has 0 saturated carbocycles. The fraction of sp³-hybridized carbons (Fsp3) is 0.281. The highest BCUT2D eigenvalue weighted by Crippen LogP contribution is 2.38. The number of carbonyl (C=O) groups is 1. The molecule has 0 radical (unpaired) electrons. The Morgan fingerprint density at radius 3 is 2.40 bits per heavy atom. The summed E-state index contributed by atoms with van der Waals surface area (Å²) in [6.45, 7) is 6.98. The van der Waals surface area contributed by atoms with Crippen LogP contribution in [0.2, 0.25) is 10.0 Å². The van der Waals surface area contributed by atoms with E-state index < -0.39 is 0 Å². The SMILES string of the molecule is CCOC(=O)CN1CCN(Cc2ccc(-c3ccc4c(Nc5cc(OC)c(Cl)cc5Cl)c(C#N)cnc4c3)cc2)CC1. The minimum Gasteiger partial charge on any atom is -0.495 e. The molecule has 10 heteroatoms. The van der Waals surface area contributed by atoms with Crippen LogP contribution in [0.5, 0.6) is 5.75 Å². The Balaban J connectivity index is 1.30. The van der Waals surface area contributed by atoms with E-state index in [1.54, 1.807) is 18.3 Å². The summed E-state index contributed by atoms with van der Waals surface area (Å²) in [4.78, 5) is 20.9. The van der Waals surface area contributed by atoms with Crippen molar-refractivity contribution in [2.45, 2.75) is 13.5 Å². The fourth-order valence-electron chi connectivity index (χ4n) is 5.06. The third-order valence-electron chi connectivity index (χ3n) is 7.31. The number of esters is 1. The first-order valence-electron chi connectivity index (χ1n) is 13.7. The average molecular weight is 605 g/mol. The molecule has 0 bridgehead atoms. The lowest BCUT2D eigenvalue weighted by Crippen LogP contribution is -2.47. The van der Waals surface area contributed by atoms with Crippen molar-refractivity contribution in [2.75, 3.05) is 51.8 Å². The molecule has 1 fully saturated rings. The maximum atomic E-state index is 11.8. The number of methoxy groups -OCH3 is 1. The predicted octanol–water partition coefficient (Wildman–Crippen LogP) is 6.51. The van der Waals surface area contributed by atoms with Crippen LogP contribution in [-0.2, 0) is 16.1 Å². The molecule has 1 aromatic heterocycles. The minimum absolute atomic E-state index is 0.157. The van der Waals surface area contributed by atoms with Gasteiger partial charge in [0.15, 0.2) is 0 Å². The summed E-state index contributed by atoms with van der Waals surface area (Å²) in [7, 11) is 1.53. The van der Waals surface area contributed by atoms with Gasteiger partial charge in [-0.2, -0.15) is 5.26 Å². The summed E-state index contributed by atoms with van der Waals surface area (Å²) in [6, 6.07) is 20.1. The molecule has 1 aliphatic rings. The fourth-order valence-corrected chi connectivity index (χ4v) is 5.57. The van der Waals surface area contributed by atoms with Crippen LogP contribution in [-0.4, -0.2) is 67.2 Å². The summed E-state index contributed by atoms with van der Waals surface area (Å²) >= 11 is 12.7. The van der Waals surface area contributed by atoms with Crippen molar-refractivity contribution in [3.8, 4) is 22.9 Å². The van der Waals surface area contributed by atoms with Crippen molar-refractivity contribution in [3.63, 3.8) is 0 Å². The number of benzene rings is 3. The molecule has 1 saturated heterocycles. The van der Waals surface area contributed by atoms with Gasteiger partial charge in [0.2, 0.25) is 0 Å². The van der Waals surface area contributed by atoms with Crippen molar-refractivity contribution in [2.24, 2.45) is 0 Å². The normalized spacial score (nSPS) is 14.0. The van der Waals surface area contributed by atoms with Crippen LogP contribution in [0.3, 0.4) is 0 Å². The number of pyridine rings is 1. The van der Waals surface area contributed by atoms with Crippen LogP contribution in [0.4, 0.5) is 11.4 Å². The summed E-state index contributed by atoms with van der Waals surface area (Å²) in [5, 5.41) is 14.7. The number of nitrogens with one attached hydrogen (secondary N) is 1. The van der Waals surface area contributed by atoms with Crippen LogP contribution in [0.25, 0.3) is 22.0 Å². The molecule has 5 rings (SSSR count). The summed E-state index contributed by atoms with van der Waals surface area (Å²) < 4.78 is 10.4. The second kappa shape index (κ2) is 13.4. The zero-order chi connectivity index (χ0) is 29.6. The van der Waals surface area contributed by atoms with E-state index in [9.17, 15) is 10.1 Å².